The number of hydrogen-bond donors (Lipinski definition) is 0. The van der Waals surface area contributed by atoms with E-state index in [1.54, 1.807) is 50.9 Å². The number of anilines is 1. The molecule has 0 aliphatic carbocycles. The first-order valence-corrected chi connectivity index (χ1v) is 9.13. The van der Waals surface area contributed by atoms with Crippen LogP contribution in [0.1, 0.15) is 57.3 Å². The summed E-state index contributed by atoms with van der Waals surface area (Å²) in [5, 5.41) is 0. The molecule has 0 atom stereocenters. The first-order chi connectivity index (χ1) is 12.2. The number of rotatable bonds is 7. The number of fused-ring (bicyclic) bond motifs is 1. The van der Waals surface area contributed by atoms with Gasteiger partial charge in [0.05, 0.1) is 5.69 Å². The van der Waals surface area contributed by atoms with E-state index in [0.29, 0.717) is 30.0 Å². The summed E-state index contributed by atoms with van der Waals surface area (Å²) in [5.74, 6) is 0.0636. The fourth-order valence-electron chi connectivity index (χ4n) is 2.88. The third-order valence-corrected chi connectivity index (χ3v) is 4.58. The highest BCUT2D eigenvalue weighted by Gasteiger charge is 2.42. The molecule has 0 radical (unpaired) electrons. The molecule has 6 heteroatoms. The number of unbranched alkanes of at least 4 members (excludes halogenated alkanes) is 1. The van der Waals surface area contributed by atoms with Crippen LogP contribution in [0.25, 0.3) is 0 Å². The molecule has 0 unspecified atom stereocenters. The van der Waals surface area contributed by atoms with Crippen molar-refractivity contribution in [3.05, 3.63) is 23.8 Å². The number of amides is 2. The van der Waals surface area contributed by atoms with Gasteiger partial charge in [0.2, 0.25) is 5.91 Å². The fourth-order valence-corrected chi connectivity index (χ4v) is 2.88. The average Bonchev–Trinajstić information content (AvgIpc) is 2.62. The number of nitrogens with zero attached hydrogens (tertiary/aromatic N) is 2. The second-order valence-corrected chi connectivity index (χ2v) is 7.13. The van der Waals surface area contributed by atoms with Gasteiger partial charge in [0.25, 0.3) is 5.91 Å². The Bertz CT molecular complexity index is 712. The van der Waals surface area contributed by atoms with Gasteiger partial charge < -0.3 is 9.64 Å². The molecule has 2 rings (SSSR count). The van der Waals surface area contributed by atoms with Gasteiger partial charge in [0.15, 0.2) is 11.4 Å². The molecule has 26 heavy (non-hydrogen) atoms. The quantitative estimate of drug-likeness (QED) is 0.701. The molecule has 0 spiro atoms. The van der Waals surface area contributed by atoms with Crippen molar-refractivity contribution in [2.75, 3.05) is 25.0 Å². The molecule has 1 aromatic rings. The van der Waals surface area contributed by atoms with Crippen LogP contribution in [0.3, 0.4) is 0 Å². The van der Waals surface area contributed by atoms with Gasteiger partial charge in [0.1, 0.15) is 12.3 Å². The number of likely N-dealkylation sites (N-methyl/N-ethyl adjacent to an activating group) is 1. The van der Waals surface area contributed by atoms with Crippen molar-refractivity contribution in [3.8, 4) is 5.75 Å². The number of hydrogen-bond acceptors (Lipinski definition) is 4. The summed E-state index contributed by atoms with van der Waals surface area (Å²) < 4.78 is 5.81. The number of ether oxygens (including phenoxy) is 1. The molecule has 1 aliphatic rings. The van der Waals surface area contributed by atoms with E-state index in [1.165, 1.54) is 4.90 Å². The average molecular weight is 360 g/mol. The van der Waals surface area contributed by atoms with Crippen molar-refractivity contribution in [1.82, 2.24) is 4.90 Å². The molecular weight excluding hydrogens is 332 g/mol. The van der Waals surface area contributed by atoms with E-state index in [4.69, 9.17) is 4.74 Å². The number of Topliss-reactive ketones (excluding diaryl/α,β-unsaturated/α-hetero) is 1. The lowest BCUT2D eigenvalue weighted by Crippen LogP contribution is -2.55. The van der Waals surface area contributed by atoms with Crippen molar-refractivity contribution in [2.24, 2.45) is 0 Å². The Hall–Kier alpha value is -2.37. The second-order valence-electron chi connectivity index (χ2n) is 7.13. The van der Waals surface area contributed by atoms with Crippen molar-refractivity contribution in [1.29, 1.82) is 0 Å². The summed E-state index contributed by atoms with van der Waals surface area (Å²) in [5.41, 5.74) is -0.0732. The normalized spacial score (nSPS) is 15.3. The number of ketones is 1. The molecule has 0 aromatic heterocycles. The van der Waals surface area contributed by atoms with Crippen molar-refractivity contribution in [3.63, 3.8) is 0 Å². The Labute approximate surface area is 155 Å². The predicted octanol–water partition coefficient (Wildman–Crippen LogP) is 3.04. The Morgan fingerprint density at radius 1 is 1.23 bits per heavy atom. The number of carbonyl (C=O) groups is 3. The SMILES string of the molecule is CCCCN(C)C(=O)CN1C(=O)C(C)(C)Oc2ccc(C(=O)CC)cc21. The molecule has 2 amide bonds. The van der Waals surface area contributed by atoms with Gasteiger partial charge in [0, 0.05) is 25.6 Å². The van der Waals surface area contributed by atoms with Gasteiger partial charge in [-0.2, -0.15) is 0 Å². The highest BCUT2D eigenvalue weighted by atomic mass is 16.5. The summed E-state index contributed by atoms with van der Waals surface area (Å²) in [7, 11) is 1.74. The van der Waals surface area contributed by atoms with Crippen LogP contribution in [0, 0.1) is 0 Å². The van der Waals surface area contributed by atoms with Gasteiger partial charge >= 0.3 is 0 Å². The van der Waals surface area contributed by atoms with Gasteiger partial charge in [-0.15, -0.1) is 0 Å². The molecule has 0 N–H and O–H groups in total. The van der Waals surface area contributed by atoms with Crippen LogP contribution in [0.4, 0.5) is 5.69 Å². The molecule has 0 bridgehead atoms. The molecule has 1 heterocycles. The highest BCUT2D eigenvalue weighted by molar-refractivity contribution is 6.07. The largest absolute Gasteiger partial charge is 0.476 e. The van der Waals surface area contributed by atoms with Crippen molar-refractivity contribution in [2.45, 2.75) is 52.6 Å². The standard InChI is InChI=1S/C20H28N2O4/c1-6-8-11-21(5)18(24)13-22-15-12-14(16(23)7-2)9-10-17(15)26-20(3,4)19(22)25/h9-10,12H,6-8,11,13H2,1-5H3. The zero-order valence-corrected chi connectivity index (χ0v) is 16.3. The molecule has 142 valence electrons. The van der Waals surface area contributed by atoms with Gasteiger partial charge in [-0.25, -0.2) is 0 Å². The Balaban J connectivity index is 2.36. The molecule has 0 saturated carbocycles. The summed E-state index contributed by atoms with van der Waals surface area (Å²) in [4.78, 5) is 40.6. The van der Waals surface area contributed by atoms with Crippen molar-refractivity contribution >= 4 is 23.3 Å². The van der Waals surface area contributed by atoms with E-state index in [-0.39, 0.29) is 24.1 Å². The minimum Gasteiger partial charge on any atom is -0.476 e. The summed E-state index contributed by atoms with van der Waals surface area (Å²) in [6.45, 7) is 7.80. The van der Waals surface area contributed by atoms with Crippen LogP contribution in [0.2, 0.25) is 0 Å². The second kappa shape index (κ2) is 7.89. The Kier molecular flexibility index (Phi) is 6.05. The lowest BCUT2D eigenvalue weighted by atomic mass is 10.0. The summed E-state index contributed by atoms with van der Waals surface area (Å²) in [6.07, 6.45) is 2.28. The van der Waals surface area contributed by atoms with Gasteiger partial charge in [-0.05, 0) is 38.5 Å². The van der Waals surface area contributed by atoms with Crippen molar-refractivity contribution < 1.29 is 19.1 Å². The smallest absolute Gasteiger partial charge is 0.271 e. The first kappa shape index (κ1) is 19.9. The zero-order valence-electron chi connectivity index (χ0n) is 16.3. The summed E-state index contributed by atoms with van der Waals surface area (Å²) >= 11 is 0. The van der Waals surface area contributed by atoms with Crippen LogP contribution in [-0.4, -0.2) is 48.2 Å². The van der Waals surface area contributed by atoms with Crippen LogP contribution in [0.5, 0.6) is 5.75 Å². The molecule has 1 aromatic carbocycles. The number of benzene rings is 1. The lowest BCUT2D eigenvalue weighted by Gasteiger charge is -2.39. The van der Waals surface area contributed by atoms with Gasteiger partial charge in [-0.3, -0.25) is 19.3 Å². The Morgan fingerprint density at radius 2 is 1.92 bits per heavy atom. The van der Waals surface area contributed by atoms with E-state index >= 15 is 0 Å². The molecule has 0 saturated heterocycles. The first-order valence-electron chi connectivity index (χ1n) is 9.13. The van der Waals surface area contributed by atoms with Gasteiger partial charge in [-0.1, -0.05) is 20.3 Å². The van der Waals surface area contributed by atoms with Crippen LogP contribution >= 0.6 is 0 Å². The van der Waals surface area contributed by atoms with Crippen LogP contribution < -0.4 is 9.64 Å². The highest BCUT2D eigenvalue weighted by Crippen LogP contribution is 2.38. The Morgan fingerprint density at radius 3 is 2.54 bits per heavy atom. The minimum absolute atomic E-state index is 0.0172. The van der Waals surface area contributed by atoms with E-state index < -0.39 is 5.60 Å². The maximum atomic E-state index is 12.9. The van der Waals surface area contributed by atoms with E-state index in [9.17, 15) is 14.4 Å². The van der Waals surface area contributed by atoms with E-state index in [1.807, 2.05) is 0 Å². The van der Waals surface area contributed by atoms with E-state index in [0.717, 1.165) is 12.8 Å². The minimum atomic E-state index is -1.06. The monoisotopic (exact) mass is 360 g/mol. The molecule has 1 aliphatic heterocycles. The van der Waals surface area contributed by atoms with Crippen LogP contribution in [-0.2, 0) is 9.59 Å². The van der Waals surface area contributed by atoms with Crippen LogP contribution in [0.15, 0.2) is 18.2 Å². The predicted molar refractivity (Wildman–Crippen MR) is 101 cm³/mol. The maximum absolute atomic E-state index is 12.9. The third kappa shape index (κ3) is 4.06. The topological polar surface area (TPSA) is 66.9 Å². The molecular formula is C20H28N2O4. The number of carbonyl (C=O) groups excluding carboxylic acids is 3. The fraction of sp³-hybridized carbons (Fsp3) is 0.550. The lowest BCUT2D eigenvalue weighted by molar-refractivity contribution is -0.136. The maximum Gasteiger partial charge on any atom is 0.271 e. The molecule has 6 nitrogen and oxygen atoms in total. The zero-order chi connectivity index (χ0) is 19.5. The third-order valence-electron chi connectivity index (χ3n) is 4.58. The summed E-state index contributed by atoms with van der Waals surface area (Å²) in [6, 6.07) is 5.04. The van der Waals surface area contributed by atoms with E-state index in [2.05, 4.69) is 6.92 Å². The molecule has 0 fully saturated rings.